The van der Waals surface area contributed by atoms with E-state index in [2.05, 4.69) is 5.32 Å². The fraction of sp³-hybridized carbons (Fsp3) is 0.259. The van der Waals surface area contributed by atoms with Crippen molar-refractivity contribution in [2.75, 3.05) is 26.1 Å². The molecule has 0 radical (unpaired) electrons. The summed E-state index contributed by atoms with van der Waals surface area (Å²) in [7, 11) is 3.24. The van der Waals surface area contributed by atoms with Crippen molar-refractivity contribution in [3.63, 3.8) is 0 Å². The van der Waals surface area contributed by atoms with E-state index in [1.807, 2.05) is 72.8 Å². The number of anilines is 1. The molecule has 0 saturated carbocycles. The van der Waals surface area contributed by atoms with Gasteiger partial charge in [-0.2, -0.15) is 0 Å². The minimum Gasteiger partial charge on any atom is -0.497 e. The fourth-order valence-corrected chi connectivity index (χ4v) is 4.06. The Kier molecular flexibility index (Phi) is 7.32. The van der Waals surface area contributed by atoms with Crippen molar-refractivity contribution in [1.29, 1.82) is 0 Å². The van der Waals surface area contributed by atoms with Gasteiger partial charge >= 0.3 is 6.09 Å². The molecule has 3 aromatic rings. The van der Waals surface area contributed by atoms with E-state index in [1.54, 1.807) is 14.2 Å². The topological polar surface area (TPSA) is 77.1 Å². The van der Waals surface area contributed by atoms with Crippen molar-refractivity contribution in [2.45, 2.75) is 25.5 Å². The average Bonchev–Trinajstić information content (AvgIpc) is 3.38. The number of amides is 2. The second-order valence-corrected chi connectivity index (χ2v) is 8.02. The van der Waals surface area contributed by atoms with E-state index < -0.39 is 12.1 Å². The number of carbonyl (C=O) groups excluding carboxylic acids is 2. The predicted octanol–water partition coefficient (Wildman–Crippen LogP) is 5.11. The monoisotopic (exact) mass is 460 g/mol. The molecule has 176 valence electrons. The number of methoxy groups -OCH3 is 2. The Hall–Kier alpha value is -4.00. The summed E-state index contributed by atoms with van der Waals surface area (Å²) in [6.07, 6.45) is 0.889. The van der Waals surface area contributed by atoms with Gasteiger partial charge in [0.25, 0.3) is 0 Å². The number of rotatable bonds is 7. The van der Waals surface area contributed by atoms with Gasteiger partial charge in [-0.1, -0.05) is 42.5 Å². The van der Waals surface area contributed by atoms with Crippen LogP contribution >= 0.6 is 0 Å². The molecule has 34 heavy (non-hydrogen) atoms. The predicted molar refractivity (Wildman–Crippen MR) is 130 cm³/mol. The third-order valence-corrected chi connectivity index (χ3v) is 5.87. The van der Waals surface area contributed by atoms with Gasteiger partial charge < -0.3 is 19.5 Å². The van der Waals surface area contributed by atoms with E-state index in [9.17, 15) is 9.59 Å². The zero-order chi connectivity index (χ0) is 23.9. The molecule has 1 N–H and O–H groups in total. The highest BCUT2D eigenvalue weighted by Gasteiger charge is 2.35. The maximum absolute atomic E-state index is 12.9. The van der Waals surface area contributed by atoms with Crippen LogP contribution < -0.4 is 14.8 Å². The molecule has 1 heterocycles. The molecular formula is C27H28N2O5. The maximum Gasteiger partial charge on any atom is 0.410 e. The molecule has 0 spiro atoms. The molecule has 3 aromatic carbocycles. The average molecular weight is 461 g/mol. The second-order valence-electron chi connectivity index (χ2n) is 8.02. The van der Waals surface area contributed by atoms with Crippen LogP contribution in [0.3, 0.4) is 0 Å². The molecule has 0 aromatic heterocycles. The van der Waals surface area contributed by atoms with Crippen LogP contribution in [0.4, 0.5) is 10.5 Å². The Balaban J connectivity index is 1.40. The van der Waals surface area contributed by atoms with Gasteiger partial charge in [-0.25, -0.2) is 4.79 Å². The van der Waals surface area contributed by atoms with Crippen molar-refractivity contribution in [1.82, 2.24) is 4.90 Å². The van der Waals surface area contributed by atoms with Gasteiger partial charge in [0.05, 0.1) is 14.2 Å². The van der Waals surface area contributed by atoms with Crippen LogP contribution in [-0.2, 0) is 16.1 Å². The highest BCUT2D eigenvalue weighted by atomic mass is 16.6. The molecule has 0 aliphatic carbocycles. The standard InChI is InChI=1S/C27H28N2O5/c1-32-22-14-15-25(33-2)23(17-22)20-10-12-21(13-11-20)28-26(30)24-9-6-16-29(24)27(31)34-18-19-7-4-3-5-8-19/h3-5,7-8,10-15,17,24H,6,9,16,18H2,1-2H3,(H,28,30). The highest BCUT2D eigenvalue weighted by molar-refractivity contribution is 5.97. The second kappa shape index (κ2) is 10.7. The third kappa shape index (κ3) is 5.31. The molecule has 7 nitrogen and oxygen atoms in total. The van der Waals surface area contributed by atoms with E-state index >= 15 is 0 Å². The summed E-state index contributed by atoms with van der Waals surface area (Å²) in [5.74, 6) is 1.24. The third-order valence-electron chi connectivity index (χ3n) is 5.87. The highest BCUT2D eigenvalue weighted by Crippen LogP contribution is 2.34. The van der Waals surface area contributed by atoms with Crippen LogP contribution in [0.5, 0.6) is 11.5 Å². The number of nitrogens with one attached hydrogen (secondary N) is 1. The fourth-order valence-electron chi connectivity index (χ4n) is 4.06. The molecular weight excluding hydrogens is 432 g/mol. The summed E-state index contributed by atoms with van der Waals surface area (Å²) in [4.78, 5) is 27.1. The first kappa shape index (κ1) is 23.2. The number of carbonyl (C=O) groups is 2. The molecule has 4 rings (SSSR count). The Morgan fingerprint density at radius 2 is 1.74 bits per heavy atom. The number of ether oxygens (including phenoxy) is 3. The lowest BCUT2D eigenvalue weighted by atomic mass is 10.0. The Morgan fingerprint density at radius 1 is 0.971 bits per heavy atom. The Morgan fingerprint density at radius 3 is 2.44 bits per heavy atom. The Labute approximate surface area is 199 Å². The summed E-state index contributed by atoms with van der Waals surface area (Å²) in [5, 5.41) is 2.93. The molecule has 7 heteroatoms. The van der Waals surface area contributed by atoms with Gasteiger partial charge in [0, 0.05) is 17.8 Å². The summed E-state index contributed by atoms with van der Waals surface area (Å²) in [5.41, 5.74) is 3.38. The largest absolute Gasteiger partial charge is 0.497 e. The molecule has 1 aliphatic heterocycles. The zero-order valence-electron chi connectivity index (χ0n) is 19.3. The van der Waals surface area contributed by atoms with Crippen LogP contribution in [0.1, 0.15) is 18.4 Å². The van der Waals surface area contributed by atoms with E-state index in [-0.39, 0.29) is 12.5 Å². The zero-order valence-corrected chi connectivity index (χ0v) is 19.3. The lowest BCUT2D eigenvalue weighted by Gasteiger charge is -2.23. The summed E-state index contributed by atoms with van der Waals surface area (Å²) in [6.45, 7) is 0.681. The molecule has 1 saturated heterocycles. The Bertz CT molecular complexity index is 1130. The maximum atomic E-state index is 12.9. The summed E-state index contributed by atoms with van der Waals surface area (Å²) in [6, 6.07) is 22.0. The van der Waals surface area contributed by atoms with Gasteiger partial charge in [-0.15, -0.1) is 0 Å². The van der Waals surface area contributed by atoms with E-state index in [0.29, 0.717) is 18.7 Å². The van der Waals surface area contributed by atoms with Crippen LogP contribution in [0.25, 0.3) is 11.1 Å². The first-order chi connectivity index (χ1) is 16.6. The van der Waals surface area contributed by atoms with Crippen LogP contribution in [0, 0.1) is 0 Å². The summed E-state index contributed by atoms with van der Waals surface area (Å²) >= 11 is 0. The first-order valence-corrected chi connectivity index (χ1v) is 11.2. The molecule has 1 unspecified atom stereocenters. The smallest absolute Gasteiger partial charge is 0.410 e. The molecule has 1 aliphatic rings. The summed E-state index contributed by atoms with van der Waals surface area (Å²) < 4.78 is 16.2. The van der Waals surface area contributed by atoms with Crippen molar-refractivity contribution >= 4 is 17.7 Å². The van der Waals surface area contributed by atoms with Crippen LogP contribution in [0.15, 0.2) is 72.8 Å². The first-order valence-electron chi connectivity index (χ1n) is 11.2. The minimum absolute atomic E-state index is 0.180. The van der Waals surface area contributed by atoms with E-state index in [0.717, 1.165) is 34.6 Å². The molecule has 2 amide bonds. The molecule has 1 atom stereocenters. The van der Waals surface area contributed by atoms with Gasteiger partial charge in [0.2, 0.25) is 5.91 Å². The van der Waals surface area contributed by atoms with Crippen molar-refractivity contribution in [3.8, 4) is 22.6 Å². The van der Waals surface area contributed by atoms with E-state index in [1.165, 1.54) is 4.90 Å². The number of benzene rings is 3. The van der Waals surface area contributed by atoms with Gasteiger partial charge in [-0.05, 0) is 54.3 Å². The van der Waals surface area contributed by atoms with Crippen molar-refractivity contribution in [3.05, 3.63) is 78.4 Å². The molecule has 0 bridgehead atoms. The van der Waals surface area contributed by atoms with Crippen LogP contribution in [0.2, 0.25) is 0 Å². The van der Waals surface area contributed by atoms with E-state index in [4.69, 9.17) is 14.2 Å². The van der Waals surface area contributed by atoms with Gasteiger partial charge in [0.1, 0.15) is 24.1 Å². The lowest BCUT2D eigenvalue weighted by Crippen LogP contribution is -2.43. The normalized spacial score (nSPS) is 15.0. The lowest BCUT2D eigenvalue weighted by molar-refractivity contribution is -0.120. The molecule has 1 fully saturated rings. The van der Waals surface area contributed by atoms with Gasteiger partial charge in [0.15, 0.2) is 0 Å². The number of likely N-dealkylation sites (tertiary alicyclic amines) is 1. The number of nitrogens with zero attached hydrogens (tertiary/aromatic N) is 1. The minimum atomic E-state index is -0.554. The van der Waals surface area contributed by atoms with Crippen molar-refractivity contribution in [2.24, 2.45) is 0 Å². The van der Waals surface area contributed by atoms with Crippen molar-refractivity contribution < 1.29 is 23.8 Å². The van der Waals surface area contributed by atoms with Crippen LogP contribution in [-0.4, -0.2) is 43.7 Å². The number of hydrogen-bond acceptors (Lipinski definition) is 5. The number of hydrogen-bond donors (Lipinski definition) is 1. The quantitative estimate of drug-likeness (QED) is 0.530. The SMILES string of the molecule is COc1ccc(OC)c(-c2ccc(NC(=O)C3CCCN3C(=O)OCc3ccccc3)cc2)c1. The van der Waals surface area contributed by atoms with Gasteiger partial charge in [-0.3, -0.25) is 9.69 Å².